The maximum atomic E-state index is 11.2. The molecule has 2 rings (SSSR count). The summed E-state index contributed by atoms with van der Waals surface area (Å²) in [4.78, 5) is 18.6. The second-order valence-corrected chi connectivity index (χ2v) is 4.20. The van der Waals surface area contributed by atoms with Crippen molar-refractivity contribution in [2.75, 3.05) is 23.7 Å². The predicted molar refractivity (Wildman–Crippen MR) is 76.0 cm³/mol. The van der Waals surface area contributed by atoms with E-state index in [4.69, 9.17) is 0 Å². The minimum Gasteiger partial charge on any atom is -0.364 e. The van der Waals surface area contributed by atoms with Crippen molar-refractivity contribution in [3.63, 3.8) is 0 Å². The molecule has 0 unspecified atom stereocenters. The largest absolute Gasteiger partial charge is 0.364 e. The fraction of sp³-hybridized carbons (Fsp3) is 0.455. The number of aromatic nitrogens is 5. The van der Waals surface area contributed by atoms with Crippen molar-refractivity contribution in [2.45, 2.75) is 19.9 Å². The van der Waals surface area contributed by atoms with Gasteiger partial charge in [0.15, 0.2) is 0 Å². The Morgan fingerprint density at radius 2 is 2.00 bits per heavy atom. The van der Waals surface area contributed by atoms with Crippen LogP contribution in [0.5, 0.6) is 0 Å². The van der Waals surface area contributed by atoms with Crippen molar-refractivity contribution < 1.29 is 4.92 Å². The summed E-state index contributed by atoms with van der Waals surface area (Å²) >= 11 is 0. The monoisotopic (exact) mass is 292 g/mol. The van der Waals surface area contributed by atoms with Gasteiger partial charge in [-0.15, -0.1) is 5.10 Å². The molecular formula is C11H16N8O2. The van der Waals surface area contributed by atoms with Gasteiger partial charge in [-0.25, -0.2) is 9.97 Å². The fourth-order valence-electron chi connectivity index (χ4n) is 1.69. The molecule has 0 aromatic carbocycles. The first-order valence-corrected chi connectivity index (χ1v) is 6.53. The maximum Gasteiger partial charge on any atom is 0.353 e. The van der Waals surface area contributed by atoms with E-state index < -0.39 is 4.92 Å². The second-order valence-electron chi connectivity index (χ2n) is 4.20. The highest BCUT2D eigenvalue weighted by Crippen LogP contribution is 2.28. The summed E-state index contributed by atoms with van der Waals surface area (Å²) in [6.45, 7) is 3.54. The third-order valence-electron chi connectivity index (χ3n) is 2.65. The van der Waals surface area contributed by atoms with Crippen LogP contribution < -0.4 is 10.6 Å². The number of rotatable bonds is 8. The molecule has 0 spiro atoms. The first-order chi connectivity index (χ1) is 10.2. The van der Waals surface area contributed by atoms with Crippen LogP contribution in [0.4, 0.5) is 17.3 Å². The van der Waals surface area contributed by atoms with Gasteiger partial charge < -0.3 is 10.6 Å². The van der Waals surface area contributed by atoms with Crippen molar-refractivity contribution in [1.29, 1.82) is 0 Å². The van der Waals surface area contributed by atoms with Crippen LogP contribution in [0.2, 0.25) is 0 Å². The van der Waals surface area contributed by atoms with E-state index in [1.54, 1.807) is 17.1 Å². The molecular weight excluding hydrogens is 276 g/mol. The lowest BCUT2D eigenvalue weighted by atomic mass is 10.4. The standard InChI is InChI=1S/C11H16N8O2/c1-2-3-12-10-9(19(20)21)11(15-8-14-10)13-4-6-18-7-5-16-17-18/h5,7-8H,2-4,6H2,1H3,(H2,12,13,14,15). The quantitative estimate of drug-likeness (QED) is 0.543. The zero-order chi connectivity index (χ0) is 15.1. The summed E-state index contributed by atoms with van der Waals surface area (Å²) in [5, 5.41) is 24.6. The number of nitrogens with zero attached hydrogens (tertiary/aromatic N) is 6. The van der Waals surface area contributed by atoms with Gasteiger partial charge in [0.25, 0.3) is 0 Å². The van der Waals surface area contributed by atoms with Crippen LogP contribution in [0.15, 0.2) is 18.7 Å². The molecule has 112 valence electrons. The van der Waals surface area contributed by atoms with Crippen molar-refractivity contribution in [3.8, 4) is 0 Å². The minimum atomic E-state index is -0.490. The normalized spacial score (nSPS) is 10.3. The van der Waals surface area contributed by atoms with Gasteiger partial charge in [-0.3, -0.25) is 14.8 Å². The third-order valence-corrected chi connectivity index (χ3v) is 2.65. The number of nitrogens with one attached hydrogen (secondary N) is 2. The Morgan fingerprint density at radius 1 is 1.29 bits per heavy atom. The molecule has 0 aliphatic rings. The van der Waals surface area contributed by atoms with Gasteiger partial charge in [0.1, 0.15) is 6.33 Å². The van der Waals surface area contributed by atoms with Gasteiger partial charge >= 0.3 is 5.69 Å². The number of nitro groups is 1. The van der Waals surface area contributed by atoms with Crippen LogP contribution in [-0.4, -0.2) is 43.0 Å². The zero-order valence-electron chi connectivity index (χ0n) is 11.6. The fourth-order valence-corrected chi connectivity index (χ4v) is 1.69. The molecule has 2 N–H and O–H groups in total. The summed E-state index contributed by atoms with van der Waals surface area (Å²) in [6.07, 6.45) is 5.42. The van der Waals surface area contributed by atoms with Gasteiger partial charge in [0, 0.05) is 19.3 Å². The highest BCUT2D eigenvalue weighted by Gasteiger charge is 2.22. The van der Waals surface area contributed by atoms with E-state index >= 15 is 0 Å². The molecule has 0 atom stereocenters. The van der Waals surface area contributed by atoms with Crippen LogP contribution in [0.25, 0.3) is 0 Å². The Hall–Kier alpha value is -2.78. The minimum absolute atomic E-state index is 0.149. The Bertz CT molecular complexity index is 586. The van der Waals surface area contributed by atoms with Crippen molar-refractivity contribution in [1.82, 2.24) is 25.0 Å². The molecule has 0 amide bonds. The SMILES string of the molecule is CCCNc1ncnc(NCCn2ccnn2)c1[N+](=O)[O-]. The third kappa shape index (κ3) is 3.84. The molecule has 10 nitrogen and oxygen atoms in total. The maximum absolute atomic E-state index is 11.2. The van der Waals surface area contributed by atoms with E-state index in [1.165, 1.54) is 6.33 Å². The van der Waals surface area contributed by atoms with E-state index in [0.29, 0.717) is 19.6 Å². The Kier molecular flexibility index (Phi) is 4.96. The van der Waals surface area contributed by atoms with E-state index in [2.05, 4.69) is 30.9 Å². The van der Waals surface area contributed by atoms with E-state index in [1.807, 2.05) is 6.92 Å². The smallest absolute Gasteiger partial charge is 0.353 e. The molecule has 10 heteroatoms. The summed E-state index contributed by atoms with van der Waals surface area (Å²) in [6, 6.07) is 0. The molecule has 0 bridgehead atoms. The molecule has 0 saturated heterocycles. The average Bonchev–Trinajstić information content (AvgIpc) is 2.98. The van der Waals surface area contributed by atoms with Gasteiger partial charge in [0.05, 0.1) is 17.7 Å². The van der Waals surface area contributed by atoms with Crippen LogP contribution in [0.1, 0.15) is 13.3 Å². The lowest BCUT2D eigenvalue weighted by Gasteiger charge is -2.09. The van der Waals surface area contributed by atoms with Crippen LogP contribution in [-0.2, 0) is 6.54 Å². The lowest BCUT2D eigenvalue weighted by molar-refractivity contribution is -0.383. The molecule has 0 fully saturated rings. The topological polar surface area (TPSA) is 124 Å². The molecule has 2 heterocycles. The number of hydrogen-bond acceptors (Lipinski definition) is 8. The van der Waals surface area contributed by atoms with Crippen molar-refractivity contribution in [2.24, 2.45) is 0 Å². The zero-order valence-corrected chi connectivity index (χ0v) is 11.6. The average molecular weight is 292 g/mol. The first-order valence-electron chi connectivity index (χ1n) is 6.53. The summed E-state index contributed by atoms with van der Waals surface area (Å²) in [7, 11) is 0. The van der Waals surface area contributed by atoms with Gasteiger partial charge in [-0.2, -0.15) is 0 Å². The molecule has 2 aromatic rings. The highest BCUT2D eigenvalue weighted by atomic mass is 16.6. The van der Waals surface area contributed by atoms with Crippen molar-refractivity contribution >= 4 is 17.3 Å². The Morgan fingerprint density at radius 3 is 2.57 bits per heavy atom. The number of hydrogen-bond donors (Lipinski definition) is 2. The molecule has 0 radical (unpaired) electrons. The first kappa shape index (κ1) is 14.6. The molecule has 2 aromatic heterocycles. The summed E-state index contributed by atoms with van der Waals surface area (Å²) < 4.78 is 1.62. The molecule has 21 heavy (non-hydrogen) atoms. The Labute approximate surface area is 120 Å². The molecule has 0 aliphatic carbocycles. The summed E-state index contributed by atoms with van der Waals surface area (Å²) in [5.41, 5.74) is -0.149. The molecule has 0 aliphatic heterocycles. The van der Waals surface area contributed by atoms with Gasteiger partial charge in [0.2, 0.25) is 11.6 Å². The van der Waals surface area contributed by atoms with E-state index in [-0.39, 0.29) is 17.3 Å². The second kappa shape index (κ2) is 7.12. The van der Waals surface area contributed by atoms with Crippen molar-refractivity contribution in [3.05, 3.63) is 28.8 Å². The van der Waals surface area contributed by atoms with E-state index in [0.717, 1.165) is 6.42 Å². The van der Waals surface area contributed by atoms with Gasteiger partial charge in [-0.05, 0) is 6.42 Å². The highest BCUT2D eigenvalue weighted by molar-refractivity contribution is 5.69. The van der Waals surface area contributed by atoms with Crippen LogP contribution >= 0.6 is 0 Å². The summed E-state index contributed by atoms with van der Waals surface area (Å²) in [5.74, 6) is 0.411. The lowest BCUT2D eigenvalue weighted by Crippen LogP contribution is -2.14. The van der Waals surface area contributed by atoms with E-state index in [9.17, 15) is 10.1 Å². The predicted octanol–water partition coefficient (Wildman–Crippen LogP) is 0.910. The molecule has 0 saturated carbocycles. The van der Waals surface area contributed by atoms with Crippen LogP contribution in [0, 0.1) is 10.1 Å². The number of anilines is 2. The van der Waals surface area contributed by atoms with Crippen LogP contribution in [0.3, 0.4) is 0 Å². The Balaban J connectivity index is 2.08. The van der Waals surface area contributed by atoms with Gasteiger partial charge in [-0.1, -0.05) is 12.1 Å².